The lowest BCUT2D eigenvalue weighted by Gasteiger charge is -2.37. The zero-order valence-corrected chi connectivity index (χ0v) is 10.3. The molecule has 2 N–H and O–H groups in total. The van der Waals surface area contributed by atoms with Gasteiger partial charge in [0.15, 0.2) is 0 Å². The molecular formula is C10H20N2O2S. The van der Waals surface area contributed by atoms with Crippen LogP contribution in [0.4, 0.5) is 0 Å². The molecule has 0 amide bonds. The van der Waals surface area contributed by atoms with Gasteiger partial charge in [0, 0.05) is 18.6 Å². The van der Waals surface area contributed by atoms with Gasteiger partial charge in [0.25, 0.3) is 0 Å². The molecule has 1 saturated heterocycles. The summed E-state index contributed by atoms with van der Waals surface area (Å²) in [6.07, 6.45) is 2.24. The van der Waals surface area contributed by atoms with Crippen molar-refractivity contribution in [2.24, 2.45) is 17.6 Å². The molecule has 2 fully saturated rings. The van der Waals surface area contributed by atoms with Crippen molar-refractivity contribution in [3.8, 4) is 0 Å². The molecule has 5 heteroatoms. The van der Waals surface area contributed by atoms with E-state index in [9.17, 15) is 8.42 Å². The number of nitrogens with two attached hydrogens (primary N) is 1. The van der Waals surface area contributed by atoms with Gasteiger partial charge in [-0.2, -0.15) is 4.31 Å². The third kappa shape index (κ3) is 1.81. The van der Waals surface area contributed by atoms with Crippen LogP contribution < -0.4 is 5.73 Å². The summed E-state index contributed by atoms with van der Waals surface area (Å²) in [7, 11) is -3.06. The van der Waals surface area contributed by atoms with Gasteiger partial charge in [-0.1, -0.05) is 6.92 Å². The van der Waals surface area contributed by atoms with Crippen LogP contribution in [0.1, 0.15) is 26.7 Å². The SMILES string of the molecule is CC1CN(C(C)(CN)C2CC2)S(=O)(=O)C1. The molecule has 1 aliphatic carbocycles. The van der Waals surface area contributed by atoms with Crippen LogP contribution in [0.15, 0.2) is 0 Å². The first-order chi connectivity index (χ1) is 6.90. The molecule has 2 aliphatic rings. The second-order valence-corrected chi connectivity index (χ2v) is 7.19. The zero-order chi connectivity index (χ0) is 11.3. The highest BCUT2D eigenvalue weighted by atomic mass is 32.2. The van der Waals surface area contributed by atoms with Crippen LogP contribution in [0.3, 0.4) is 0 Å². The fraction of sp³-hybridized carbons (Fsp3) is 1.00. The van der Waals surface area contributed by atoms with Crippen LogP contribution in [0, 0.1) is 11.8 Å². The lowest BCUT2D eigenvalue weighted by atomic mass is 9.95. The molecule has 2 rings (SSSR count). The maximum absolute atomic E-state index is 12.0. The largest absolute Gasteiger partial charge is 0.329 e. The average molecular weight is 232 g/mol. The van der Waals surface area contributed by atoms with Crippen LogP contribution in [-0.2, 0) is 10.0 Å². The summed E-state index contributed by atoms with van der Waals surface area (Å²) in [6.45, 7) is 5.07. The molecule has 88 valence electrons. The van der Waals surface area contributed by atoms with Gasteiger partial charge >= 0.3 is 0 Å². The van der Waals surface area contributed by atoms with E-state index in [1.54, 1.807) is 4.31 Å². The minimum absolute atomic E-state index is 0.236. The van der Waals surface area contributed by atoms with E-state index >= 15 is 0 Å². The van der Waals surface area contributed by atoms with E-state index < -0.39 is 10.0 Å². The Kier molecular flexibility index (Phi) is 2.60. The van der Waals surface area contributed by atoms with Gasteiger partial charge < -0.3 is 5.73 Å². The van der Waals surface area contributed by atoms with E-state index in [4.69, 9.17) is 5.73 Å². The highest BCUT2D eigenvalue weighted by molar-refractivity contribution is 7.89. The van der Waals surface area contributed by atoms with E-state index in [0.29, 0.717) is 19.0 Å². The van der Waals surface area contributed by atoms with E-state index in [0.717, 1.165) is 12.8 Å². The number of hydrogen-bond donors (Lipinski definition) is 1. The van der Waals surface area contributed by atoms with Crippen LogP contribution in [0.5, 0.6) is 0 Å². The summed E-state index contributed by atoms with van der Waals surface area (Å²) in [5.41, 5.74) is 5.46. The summed E-state index contributed by atoms with van der Waals surface area (Å²) in [6, 6.07) is 0. The van der Waals surface area contributed by atoms with E-state index in [-0.39, 0.29) is 17.2 Å². The standard InChI is InChI=1S/C10H20N2O2S/c1-8-5-12(15(13,14)6-8)10(2,7-11)9-3-4-9/h8-9H,3-7,11H2,1-2H3. The first-order valence-electron chi connectivity index (χ1n) is 5.61. The summed E-state index contributed by atoms with van der Waals surface area (Å²) >= 11 is 0. The van der Waals surface area contributed by atoms with Gasteiger partial charge in [0.05, 0.1) is 5.75 Å². The minimum atomic E-state index is -3.06. The molecule has 0 bridgehead atoms. The summed E-state index contributed by atoms with van der Waals surface area (Å²) in [4.78, 5) is 0. The molecule has 0 aromatic heterocycles. The summed E-state index contributed by atoms with van der Waals surface area (Å²) in [5, 5.41) is 0. The second-order valence-electron chi connectivity index (χ2n) is 5.25. The van der Waals surface area contributed by atoms with Crippen molar-refractivity contribution >= 4 is 10.0 Å². The predicted molar refractivity (Wildman–Crippen MR) is 59.8 cm³/mol. The molecule has 2 atom stereocenters. The lowest BCUT2D eigenvalue weighted by molar-refractivity contribution is 0.186. The monoisotopic (exact) mass is 232 g/mol. The molecular weight excluding hydrogens is 212 g/mol. The molecule has 0 radical (unpaired) electrons. The van der Waals surface area contributed by atoms with Gasteiger partial charge in [-0.15, -0.1) is 0 Å². The number of sulfonamides is 1. The Bertz CT molecular complexity index is 350. The van der Waals surface area contributed by atoms with Crippen LogP contribution in [0.25, 0.3) is 0 Å². The number of rotatable bonds is 3. The quantitative estimate of drug-likeness (QED) is 0.766. The van der Waals surface area contributed by atoms with E-state index in [1.165, 1.54) is 0 Å². The smallest absolute Gasteiger partial charge is 0.214 e. The fourth-order valence-corrected chi connectivity index (χ4v) is 4.95. The van der Waals surface area contributed by atoms with Crippen molar-refractivity contribution in [2.45, 2.75) is 32.2 Å². The highest BCUT2D eigenvalue weighted by Gasteiger charge is 2.51. The maximum Gasteiger partial charge on any atom is 0.214 e. The van der Waals surface area contributed by atoms with Crippen molar-refractivity contribution in [1.82, 2.24) is 4.31 Å². The third-order valence-electron chi connectivity index (χ3n) is 3.75. The summed E-state index contributed by atoms with van der Waals surface area (Å²) < 4.78 is 25.6. The topological polar surface area (TPSA) is 63.4 Å². The number of hydrogen-bond acceptors (Lipinski definition) is 3. The molecule has 2 unspecified atom stereocenters. The van der Waals surface area contributed by atoms with Gasteiger partial charge in [-0.3, -0.25) is 0 Å². The molecule has 0 aromatic rings. The molecule has 1 saturated carbocycles. The van der Waals surface area contributed by atoms with Crippen LogP contribution >= 0.6 is 0 Å². The molecule has 0 spiro atoms. The van der Waals surface area contributed by atoms with Crippen molar-refractivity contribution in [3.63, 3.8) is 0 Å². The predicted octanol–water partition coefficient (Wildman–Crippen LogP) is 0.395. The highest BCUT2D eigenvalue weighted by Crippen LogP contribution is 2.45. The maximum atomic E-state index is 12.0. The number of nitrogens with zero attached hydrogens (tertiary/aromatic N) is 1. The second kappa shape index (κ2) is 3.43. The van der Waals surface area contributed by atoms with Crippen molar-refractivity contribution in [1.29, 1.82) is 0 Å². The molecule has 1 heterocycles. The van der Waals surface area contributed by atoms with Gasteiger partial charge in [0.1, 0.15) is 0 Å². The first kappa shape index (κ1) is 11.4. The Morgan fingerprint density at radius 2 is 2.07 bits per heavy atom. The normalized spacial score (nSPS) is 35.3. The third-order valence-corrected chi connectivity index (χ3v) is 5.98. The Labute approximate surface area is 91.9 Å². The van der Waals surface area contributed by atoms with Gasteiger partial charge in [0.2, 0.25) is 10.0 Å². The van der Waals surface area contributed by atoms with Crippen LogP contribution in [-0.4, -0.2) is 37.1 Å². The Morgan fingerprint density at radius 1 is 1.47 bits per heavy atom. The molecule has 1 aliphatic heterocycles. The Hall–Kier alpha value is -0.130. The van der Waals surface area contributed by atoms with E-state index in [2.05, 4.69) is 0 Å². The minimum Gasteiger partial charge on any atom is -0.329 e. The van der Waals surface area contributed by atoms with Crippen molar-refractivity contribution < 1.29 is 8.42 Å². The Balaban J connectivity index is 2.28. The fourth-order valence-electron chi connectivity index (χ4n) is 2.60. The first-order valence-corrected chi connectivity index (χ1v) is 7.21. The summed E-state index contributed by atoms with van der Waals surface area (Å²) in [5.74, 6) is 0.997. The van der Waals surface area contributed by atoms with E-state index in [1.807, 2.05) is 13.8 Å². The molecule has 4 nitrogen and oxygen atoms in total. The average Bonchev–Trinajstić information content (AvgIpc) is 2.92. The van der Waals surface area contributed by atoms with Gasteiger partial charge in [-0.25, -0.2) is 8.42 Å². The zero-order valence-electron chi connectivity index (χ0n) is 9.44. The van der Waals surface area contributed by atoms with Crippen LogP contribution in [0.2, 0.25) is 0 Å². The molecule has 15 heavy (non-hydrogen) atoms. The van der Waals surface area contributed by atoms with Crippen molar-refractivity contribution in [2.75, 3.05) is 18.8 Å². The Morgan fingerprint density at radius 3 is 2.40 bits per heavy atom. The van der Waals surface area contributed by atoms with Gasteiger partial charge in [-0.05, 0) is 31.6 Å². The van der Waals surface area contributed by atoms with Crippen molar-refractivity contribution in [3.05, 3.63) is 0 Å². The molecule has 0 aromatic carbocycles. The lowest BCUT2D eigenvalue weighted by Crippen LogP contribution is -2.54.